The molecule has 0 bridgehead atoms. The fourth-order valence-electron chi connectivity index (χ4n) is 2.15. The zero-order valence-electron chi connectivity index (χ0n) is 11.2. The molecule has 4 N–H and O–H groups in total. The fraction of sp³-hybridized carbons (Fsp3) is 0.429. The van der Waals surface area contributed by atoms with Crippen molar-refractivity contribution in [3.63, 3.8) is 0 Å². The first kappa shape index (κ1) is 14.3. The van der Waals surface area contributed by atoms with Crippen molar-refractivity contribution >= 4 is 17.4 Å². The van der Waals surface area contributed by atoms with Gasteiger partial charge in [-0.05, 0) is 30.5 Å². The van der Waals surface area contributed by atoms with Crippen molar-refractivity contribution in [1.29, 1.82) is 0 Å². The van der Waals surface area contributed by atoms with Crippen LogP contribution >= 0.6 is 0 Å². The molecule has 0 saturated carbocycles. The van der Waals surface area contributed by atoms with E-state index in [1.54, 1.807) is 0 Å². The number of carbonyl (C=O) groups excluding carboxylic acids is 1. The molecule has 1 amide bonds. The minimum absolute atomic E-state index is 0.0283. The van der Waals surface area contributed by atoms with Gasteiger partial charge < -0.3 is 21.0 Å². The molecule has 1 heterocycles. The summed E-state index contributed by atoms with van der Waals surface area (Å²) in [6.45, 7) is 1.30. The van der Waals surface area contributed by atoms with E-state index in [1.807, 2.05) is 24.3 Å². The second kappa shape index (κ2) is 6.91. The zero-order chi connectivity index (χ0) is 14.4. The number of amidine groups is 1. The lowest BCUT2D eigenvalue weighted by atomic mass is 9.99. The highest BCUT2D eigenvalue weighted by atomic mass is 16.5. The van der Waals surface area contributed by atoms with Crippen LogP contribution in [0, 0.1) is 5.92 Å². The average molecular weight is 277 g/mol. The zero-order valence-corrected chi connectivity index (χ0v) is 11.2. The molecule has 0 unspecified atom stereocenters. The molecule has 108 valence electrons. The van der Waals surface area contributed by atoms with Crippen LogP contribution < -0.4 is 11.1 Å². The molecule has 0 radical (unpaired) electrons. The maximum absolute atomic E-state index is 12.0. The minimum Gasteiger partial charge on any atom is -0.409 e. The molecule has 0 atom stereocenters. The highest BCUT2D eigenvalue weighted by molar-refractivity contribution is 5.92. The summed E-state index contributed by atoms with van der Waals surface area (Å²) >= 11 is 0. The maximum atomic E-state index is 12.0. The summed E-state index contributed by atoms with van der Waals surface area (Å²) in [6.07, 6.45) is 1.92. The lowest BCUT2D eigenvalue weighted by molar-refractivity contribution is -0.122. The van der Waals surface area contributed by atoms with Crippen LogP contribution in [0.15, 0.2) is 29.4 Å². The first-order chi connectivity index (χ1) is 9.69. The lowest BCUT2D eigenvalue weighted by Gasteiger charge is -2.21. The first-order valence-corrected chi connectivity index (χ1v) is 6.63. The smallest absolute Gasteiger partial charge is 0.227 e. The second-order valence-electron chi connectivity index (χ2n) is 4.84. The predicted octanol–water partition coefficient (Wildman–Crippen LogP) is 1.34. The molecule has 0 aliphatic carbocycles. The van der Waals surface area contributed by atoms with Gasteiger partial charge in [0.2, 0.25) is 5.91 Å². The number of benzene rings is 1. The third-order valence-corrected chi connectivity index (χ3v) is 3.33. The highest BCUT2D eigenvalue weighted by Crippen LogP contribution is 2.18. The quantitative estimate of drug-likeness (QED) is 0.335. The Bertz CT molecular complexity index is 479. The maximum Gasteiger partial charge on any atom is 0.227 e. The number of nitrogens with one attached hydrogen (secondary N) is 1. The van der Waals surface area contributed by atoms with Crippen molar-refractivity contribution in [3.05, 3.63) is 29.8 Å². The number of anilines is 1. The third-order valence-electron chi connectivity index (χ3n) is 3.33. The highest BCUT2D eigenvalue weighted by Gasteiger charge is 2.21. The van der Waals surface area contributed by atoms with Crippen molar-refractivity contribution in [3.8, 4) is 0 Å². The molecule has 20 heavy (non-hydrogen) atoms. The molecule has 1 aliphatic heterocycles. The SMILES string of the molecule is NC(Cc1ccc(NC(=O)C2CCOCC2)cc1)=NO. The van der Waals surface area contributed by atoms with Crippen LogP contribution in [0.3, 0.4) is 0 Å². The van der Waals surface area contributed by atoms with Gasteiger partial charge in [-0.25, -0.2) is 0 Å². The molecule has 0 aromatic heterocycles. The first-order valence-electron chi connectivity index (χ1n) is 6.63. The van der Waals surface area contributed by atoms with Crippen LogP contribution in [0.5, 0.6) is 0 Å². The van der Waals surface area contributed by atoms with Gasteiger partial charge in [-0.2, -0.15) is 0 Å². The normalized spacial score (nSPS) is 16.9. The Morgan fingerprint density at radius 1 is 1.35 bits per heavy atom. The average Bonchev–Trinajstić information content (AvgIpc) is 2.50. The summed E-state index contributed by atoms with van der Waals surface area (Å²) in [5, 5.41) is 14.3. The van der Waals surface area contributed by atoms with Gasteiger partial charge in [0.1, 0.15) is 5.84 Å². The van der Waals surface area contributed by atoms with E-state index in [9.17, 15) is 4.79 Å². The van der Waals surface area contributed by atoms with Gasteiger partial charge in [-0.1, -0.05) is 17.3 Å². The van der Waals surface area contributed by atoms with Gasteiger partial charge >= 0.3 is 0 Å². The number of ether oxygens (including phenoxy) is 1. The summed E-state index contributed by atoms with van der Waals surface area (Å²) in [5.74, 6) is 0.224. The topological polar surface area (TPSA) is 96.9 Å². The molecular weight excluding hydrogens is 258 g/mol. The lowest BCUT2D eigenvalue weighted by Crippen LogP contribution is -2.28. The van der Waals surface area contributed by atoms with Crippen molar-refractivity contribution in [1.82, 2.24) is 0 Å². The molecule has 1 aromatic rings. The number of carbonyl (C=O) groups is 1. The van der Waals surface area contributed by atoms with E-state index >= 15 is 0 Å². The van der Waals surface area contributed by atoms with Gasteiger partial charge in [0, 0.05) is 31.2 Å². The Morgan fingerprint density at radius 3 is 2.60 bits per heavy atom. The van der Waals surface area contributed by atoms with E-state index in [-0.39, 0.29) is 17.7 Å². The number of amides is 1. The Balaban J connectivity index is 1.91. The van der Waals surface area contributed by atoms with Gasteiger partial charge in [0.15, 0.2) is 0 Å². The summed E-state index contributed by atoms with van der Waals surface area (Å²) in [5.41, 5.74) is 7.11. The largest absolute Gasteiger partial charge is 0.409 e. The van der Waals surface area contributed by atoms with Crippen LogP contribution in [0.2, 0.25) is 0 Å². The second-order valence-corrected chi connectivity index (χ2v) is 4.84. The standard InChI is InChI=1S/C14H19N3O3/c15-13(17-19)9-10-1-3-12(4-2-10)16-14(18)11-5-7-20-8-6-11/h1-4,11,19H,5-9H2,(H2,15,17)(H,16,18). The Morgan fingerprint density at radius 2 is 2.00 bits per heavy atom. The van der Waals surface area contributed by atoms with Crippen molar-refractivity contribution in [2.45, 2.75) is 19.3 Å². The van der Waals surface area contributed by atoms with E-state index in [1.165, 1.54) is 0 Å². The molecular formula is C14H19N3O3. The molecule has 2 rings (SSSR count). The van der Waals surface area contributed by atoms with Gasteiger partial charge in [-0.15, -0.1) is 0 Å². The molecule has 6 heteroatoms. The molecule has 1 fully saturated rings. The number of hydrogen-bond donors (Lipinski definition) is 3. The fourth-order valence-corrected chi connectivity index (χ4v) is 2.15. The van der Waals surface area contributed by atoms with Crippen LogP contribution in [-0.4, -0.2) is 30.2 Å². The summed E-state index contributed by atoms with van der Waals surface area (Å²) in [6, 6.07) is 7.32. The monoisotopic (exact) mass is 277 g/mol. The summed E-state index contributed by atoms with van der Waals surface area (Å²) < 4.78 is 5.24. The number of nitrogens with zero attached hydrogens (tertiary/aromatic N) is 1. The Labute approximate surface area is 117 Å². The van der Waals surface area contributed by atoms with E-state index in [0.29, 0.717) is 19.6 Å². The summed E-state index contributed by atoms with van der Waals surface area (Å²) in [7, 11) is 0. The van der Waals surface area contributed by atoms with Crippen molar-refractivity contribution < 1.29 is 14.7 Å². The van der Waals surface area contributed by atoms with Crippen molar-refractivity contribution in [2.75, 3.05) is 18.5 Å². The Hall–Kier alpha value is -2.08. The third kappa shape index (κ3) is 3.96. The number of hydrogen-bond acceptors (Lipinski definition) is 4. The van der Waals surface area contributed by atoms with Crippen LogP contribution in [0.25, 0.3) is 0 Å². The molecule has 1 aliphatic rings. The number of oxime groups is 1. The van der Waals surface area contributed by atoms with Crippen LogP contribution in [0.4, 0.5) is 5.69 Å². The molecule has 0 spiro atoms. The van der Waals surface area contributed by atoms with Gasteiger partial charge in [0.05, 0.1) is 0 Å². The minimum atomic E-state index is 0.0283. The van der Waals surface area contributed by atoms with E-state index in [4.69, 9.17) is 15.7 Å². The summed E-state index contributed by atoms with van der Waals surface area (Å²) in [4.78, 5) is 12.0. The van der Waals surface area contributed by atoms with E-state index < -0.39 is 0 Å². The predicted molar refractivity (Wildman–Crippen MR) is 75.7 cm³/mol. The van der Waals surface area contributed by atoms with Crippen LogP contribution in [0.1, 0.15) is 18.4 Å². The molecule has 1 aromatic carbocycles. The number of rotatable bonds is 4. The van der Waals surface area contributed by atoms with E-state index in [2.05, 4.69) is 10.5 Å². The molecule has 1 saturated heterocycles. The van der Waals surface area contributed by atoms with E-state index in [0.717, 1.165) is 24.1 Å². The Kier molecular flexibility index (Phi) is 4.95. The number of nitrogens with two attached hydrogens (primary N) is 1. The van der Waals surface area contributed by atoms with Gasteiger partial charge in [-0.3, -0.25) is 4.79 Å². The van der Waals surface area contributed by atoms with Crippen molar-refractivity contribution in [2.24, 2.45) is 16.8 Å². The van der Waals surface area contributed by atoms with Crippen LogP contribution in [-0.2, 0) is 16.0 Å². The van der Waals surface area contributed by atoms with Gasteiger partial charge in [0.25, 0.3) is 0 Å². The molecule has 6 nitrogen and oxygen atoms in total.